The van der Waals surface area contributed by atoms with E-state index < -0.39 is 5.41 Å². The molecule has 2 heterocycles. The first-order valence-corrected chi connectivity index (χ1v) is 10.2. The number of amides is 2. The minimum absolute atomic E-state index is 0.0463. The number of carbonyl (C=O) groups is 2. The lowest BCUT2D eigenvalue weighted by Gasteiger charge is -2.29. The van der Waals surface area contributed by atoms with Crippen molar-refractivity contribution in [1.29, 1.82) is 0 Å². The van der Waals surface area contributed by atoms with Gasteiger partial charge in [-0.3, -0.25) is 9.59 Å². The predicted octanol–water partition coefficient (Wildman–Crippen LogP) is 3.80. The fourth-order valence-corrected chi connectivity index (χ4v) is 3.89. The van der Waals surface area contributed by atoms with Crippen LogP contribution in [-0.4, -0.2) is 24.9 Å². The SMILES string of the molecule is CC(C)(C)C(=O)NCCC(=O)Nc1ccc(N2CCc3sccc3C2)cc1. The Kier molecular flexibility index (Phi) is 5.85. The predicted molar refractivity (Wildman–Crippen MR) is 111 cm³/mol. The van der Waals surface area contributed by atoms with Crippen molar-refractivity contribution in [2.24, 2.45) is 5.41 Å². The number of carbonyl (C=O) groups excluding carboxylic acids is 2. The summed E-state index contributed by atoms with van der Waals surface area (Å²) in [7, 11) is 0. The van der Waals surface area contributed by atoms with Crippen LogP contribution < -0.4 is 15.5 Å². The molecule has 0 saturated carbocycles. The van der Waals surface area contributed by atoms with Gasteiger partial charge in [0.25, 0.3) is 0 Å². The number of nitrogens with zero attached hydrogens (tertiary/aromatic N) is 1. The molecule has 0 atom stereocenters. The Morgan fingerprint density at radius 1 is 1.15 bits per heavy atom. The average molecular weight is 386 g/mol. The van der Waals surface area contributed by atoms with Crippen molar-refractivity contribution in [3.63, 3.8) is 0 Å². The molecule has 6 heteroatoms. The van der Waals surface area contributed by atoms with E-state index in [4.69, 9.17) is 0 Å². The molecular formula is C21H27N3O2S. The summed E-state index contributed by atoms with van der Waals surface area (Å²) in [5.74, 6) is -0.146. The van der Waals surface area contributed by atoms with Gasteiger partial charge < -0.3 is 15.5 Å². The monoisotopic (exact) mass is 385 g/mol. The zero-order valence-electron chi connectivity index (χ0n) is 16.2. The maximum absolute atomic E-state index is 12.1. The van der Waals surface area contributed by atoms with Crippen molar-refractivity contribution in [2.75, 3.05) is 23.3 Å². The highest BCUT2D eigenvalue weighted by atomic mass is 32.1. The van der Waals surface area contributed by atoms with Crippen LogP contribution in [0.1, 0.15) is 37.6 Å². The number of hydrogen-bond donors (Lipinski definition) is 2. The highest BCUT2D eigenvalue weighted by molar-refractivity contribution is 7.10. The third-order valence-corrected chi connectivity index (χ3v) is 5.67. The molecule has 0 spiro atoms. The van der Waals surface area contributed by atoms with Crippen LogP contribution in [0.4, 0.5) is 11.4 Å². The molecule has 1 aromatic heterocycles. The molecule has 5 nitrogen and oxygen atoms in total. The second-order valence-electron chi connectivity index (χ2n) is 7.89. The highest BCUT2D eigenvalue weighted by Crippen LogP contribution is 2.28. The molecule has 144 valence electrons. The molecule has 3 rings (SSSR count). The molecule has 1 aliphatic heterocycles. The molecule has 1 aromatic carbocycles. The minimum atomic E-state index is -0.440. The molecule has 27 heavy (non-hydrogen) atoms. The Labute approximate surface area is 164 Å². The van der Waals surface area contributed by atoms with E-state index in [1.54, 1.807) is 0 Å². The van der Waals surface area contributed by atoms with Gasteiger partial charge in [0.15, 0.2) is 0 Å². The van der Waals surface area contributed by atoms with Crippen LogP contribution in [0.25, 0.3) is 0 Å². The van der Waals surface area contributed by atoms with Crippen molar-refractivity contribution < 1.29 is 9.59 Å². The van der Waals surface area contributed by atoms with E-state index in [2.05, 4.69) is 27.0 Å². The second-order valence-corrected chi connectivity index (χ2v) is 8.89. The van der Waals surface area contributed by atoms with E-state index in [-0.39, 0.29) is 18.2 Å². The Morgan fingerprint density at radius 3 is 2.59 bits per heavy atom. The van der Waals surface area contributed by atoms with Crippen molar-refractivity contribution in [2.45, 2.75) is 40.2 Å². The molecule has 2 aromatic rings. The van der Waals surface area contributed by atoms with Crippen molar-refractivity contribution in [1.82, 2.24) is 5.32 Å². The number of thiophene rings is 1. The van der Waals surface area contributed by atoms with Crippen LogP contribution in [0.3, 0.4) is 0 Å². The number of hydrogen-bond acceptors (Lipinski definition) is 4. The fraction of sp³-hybridized carbons (Fsp3) is 0.429. The summed E-state index contributed by atoms with van der Waals surface area (Å²) in [5, 5.41) is 7.84. The van der Waals surface area contributed by atoms with E-state index in [1.165, 1.54) is 16.1 Å². The number of rotatable bonds is 5. The molecular weight excluding hydrogens is 358 g/mol. The number of benzene rings is 1. The lowest BCUT2D eigenvalue weighted by atomic mass is 9.96. The lowest BCUT2D eigenvalue weighted by Crippen LogP contribution is -2.36. The minimum Gasteiger partial charge on any atom is -0.367 e. The summed E-state index contributed by atoms with van der Waals surface area (Å²) in [6.07, 6.45) is 1.35. The van der Waals surface area contributed by atoms with E-state index in [0.717, 1.165) is 25.2 Å². The van der Waals surface area contributed by atoms with Gasteiger partial charge in [0.05, 0.1) is 0 Å². The molecule has 0 fully saturated rings. The van der Waals surface area contributed by atoms with Crippen LogP contribution in [0.15, 0.2) is 35.7 Å². The van der Waals surface area contributed by atoms with Crippen LogP contribution >= 0.6 is 11.3 Å². The number of nitrogens with one attached hydrogen (secondary N) is 2. The summed E-state index contributed by atoms with van der Waals surface area (Å²) in [5.41, 5.74) is 2.92. The molecule has 0 saturated heterocycles. The zero-order valence-corrected chi connectivity index (χ0v) is 17.0. The molecule has 0 aliphatic carbocycles. The molecule has 0 radical (unpaired) electrons. The van der Waals surface area contributed by atoms with Gasteiger partial charge >= 0.3 is 0 Å². The molecule has 0 bridgehead atoms. The van der Waals surface area contributed by atoms with Crippen molar-refractivity contribution in [3.8, 4) is 0 Å². The van der Waals surface area contributed by atoms with Gasteiger partial charge in [-0.2, -0.15) is 0 Å². The van der Waals surface area contributed by atoms with Gasteiger partial charge in [-0.15, -0.1) is 11.3 Å². The van der Waals surface area contributed by atoms with E-state index in [0.29, 0.717) is 6.54 Å². The van der Waals surface area contributed by atoms with Gasteiger partial charge in [0.1, 0.15) is 0 Å². The van der Waals surface area contributed by atoms with Gasteiger partial charge in [-0.1, -0.05) is 20.8 Å². The molecule has 1 aliphatic rings. The van der Waals surface area contributed by atoms with Crippen LogP contribution in [-0.2, 0) is 22.6 Å². The standard InChI is InChI=1S/C21H27N3O2S/c1-21(2,3)20(26)22-11-8-19(25)23-16-4-6-17(7-5-16)24-12-9-18-15(14-24)10-13-27-18/h4-7,10,13H,8-9,11-12,14H2,1-3H3,(H,22,26)(H,23,25). The number of anilines is 2. The summed E-state index contributed by atoms with van der Waals surface area (Å²) in [6.45, 7) is 7.86. The number of fused-ring (bicyclic) bond motifs is 1. The third-order valence-electron chi connectivity index (χ3n) is 4.64. The van der Waals surface area contributed by atoms with Gasteiger partial charge in [0.2, 0.25) is 11.8 Å². The summed E-state index contributed by atoms with van der Waals surface area (Å²) in [6, 6.07) is 10.2. The summed E-state index contributed by atoms with van der Waals surface area (Å²) in [4.78, 5) is 27.7. The third kappa shape index (κ3) is 5.10. The van der Waals surface area contributed by atoms with Crippen LogP contribution in [0.2, 0.25) is 0 Å². The Hall–Kier alpha value is -2.34. The Balaban J connectivity index is 1.48. The normalized spacial score (nSPS) is 13.8. The molecule has 2 N–H and O–H groups in total. The van der Waals surface area contributed by atoms with Crippen LogP contribution in [0, 0.1) is 5.41 Å². The van der Waals surface area contributed by atoms with E-state index in [9.17, 15) is 9.59 Å². The molecule has 2 amide bonds. The van der Waals surface area contributed by atoms with Gasteiger partial charge in [0, 0.05) is 47.7 Å². The van der Waals surface area contributed by atoms with Crippen molar-refractivity contribution in [3.05, 3.63) is 46.2 Å². The summed E-state index contributed by atoms with van der Waals surface area (Å²) >= 11 is 1.84. The van der Waals surface area contributed by atoms with E-state index in [1.807, 2.05) is 56.4 Å². The second kappa shape index (κ2) is 8.13. The Bertz CT molecular complexity index is 806. The topological polar surface area (TPSA) is 61.4 Å². The maximum Gasteiger partial charge on any atom is 0.226 e. The molecule has 0 unspecified atom stereocenters. The first kappa shape index (κ1) is 19.4. The maximum atomic E-state index is 12.1. The quantitative estimate of drug-likeness (QED) is 0.823. The van der Waals surface area contributed by atoms with Gasteiger partial charge in [-0.05, 0) is 47.7 Å². The average Bonchev–Trinajstić information content (AvgIpc) is 3.09. The first-order valence-electron chi connectivity index (χ1n) is 9.31. The first-order chi connectivity index (χ1) is 12.8. The highest BCUT2D eigenvalue weighted by Gasteiger charge is 2.20. The van der Waals surface area contributed by atoms with Gasteiger partial charge in [-0.25, -0.2) is 0 Å². The lowest BCUT2D eigenvalue weighted by molar-refractivity contribution is -0.128. The largest absolute Gasteiger partial charge is 0.367 e. The van der Waals surface area contributed by atoms with Crippen molar-refractivity contribution >= 4 is 34.5 Å². The summed E-state index contributed by atoms with van der Waals surface area (Å²) < 4.78 is 0. The van der Waals surface area contributed by atoms with E-state index >= 15 is 0 Å². The van der Waals surface area contributed by atoms with Crippen LogP contribution in [0.5, 0.6) is 0 Å². The Morgan fingerprint density at radius 2 is 1.89 bits per heavy atom. The zero-order chi connectivity index (χ0) is 19.4. The smallest absolute Gasteiger partial charge is 0.226 e. The fourth-order valence-electron chi connectivity index (χ4n) is 3.00.